The summed E-state index contributed by atoms with van der Waals surface area (Å²) >= 11 is 0. The van der Waals surface area contributed by atoms with Gasteiger partial charge in [0, 0.05) is 22.1 Å². The zero-order chi connectivity index (χ0) is 9.42. The van der Waals surface area contributed by atoms with E-state index in [4.69, 9.17) is 0 Å². The number of hydrogen-bond donors (Lipinski definition) is 0. The third-order valence-corrected chi connectivity index (χ3v) is 3.90. The lowest BCUT2D eigenvalue weighted by atomic mass is 10.0. The lowest BCUT2D eigenvalue weighted by Crippen LogP contribution is -2.25. The van der Waals surface area contributed by atoms with Crippen LogP contribution in [-0.2, 0) is 10.8 Å². The monoisotopic (exact) mass is 194 g/mol. The van der Waals surface area contributed by atoms with Crippen LogP contribution in [0.2, 0.25) is 0 Å². The van der Waals surface area contributed by atoms with Crippen LogP contribution in [0.15, 0.2) is 29.2 Å². The maximum atomic E-state index is 11.6. The van der Waals surface area contributed by atoms with Crippen LogP contribution >= 0.6 is 0 Å². The first kappa shape index (κ1) is 8.63. The molecule has 1 aromatic carbocycles. The molecule has 0 aliphatic carbocycles. The number of rotatable bonds is 0. The second-order valence-corrected chi connectivity index (χ2v) is 4.74. The number of benzene rings is 1. The normalized spacial score (nSPS) is 27.0. The van der Waals surface area contributed by atoms with E-state index in [-0.39, 0.29) is 11.7 Å². The van der Waals surface area contributed by atoms with Gasteiger partial charge in [-0.25, -0.2) is 0 Å². The molecule has 0 saturated carbocycles. The van der Waals surface area contributed by atoms with Crippen molar-refractivity contribution in [1.82, 2.24) is 0 Å². The van der Waals surface area contributed by atoms with Crippen molar-refractivity contribution in [2.75, 3.05) is 5.75 Å². The summed E-state index contributed by atoms with van der Waals surface area (Å²) < 4.78 is 11.6. The molecular formula is C10H10O2S. The number of hydrogen-bond acceptors (Lipinski definition) is 2. The molecule has 2 atom stereocenters. The Morgan fingerprint density at radius 1 is 1.38 bits per heavy atom. The highest BCUT2D eigenvalue weighted by Crippen LogP contribution is 2.24. The minimum atomic E-state index is -0.987. The Labute approximate surface area is 79.4 Å². The van der Waals surface area contributed by atoms with E-state index in [2.05, 4.69) is 0 Å². The average Bonchev–Trinajstić information content (AvgIpc) is 2.15. The van der Waals surface area contributed by atoms with Gasteiger partial charge in [-0.3, -0.25) is 9.00 Å². The van der Waals surface area contributed by atoms with Crippen LogP contribution in [0, 0.1) is 5.92 Å². The predicted molar refractivity (Wildman–Crippen MR) is 51.2 cm³/mol. The average molecular weight is 194 g/mol. The van der Waals surface area contributed by atoms with E-state index >= 15 is 0 Å². The summed E-state index contributed by atoms with van der Waals surface area (Å²) in [6, 6.07) is 7.16. The molecule has 1 aliphatic heterocycles. The zero-order valence-corrected chi connectivity index (χ0v) is 8.14. The molecule has 68 valence electrons. The maximum absolute atomic E-state index is 11.6. The van der Waals surface area contributed by atoms with Gasteiger partial charge in [-0.15, -0.1) is 0 Å². The summed E-state index contributed by atoms with van der Waals surface area (Å²) in [5.74, 6) is 0.487. The van der Waals surface area contributed by atoms with Crippen molar-refractivity contribution in [3.05, 3.63) is 29.8 Å². The fraction of sp³-hybridized carbons (Fsp3) is 0.300. The molecule has 0 fully saturated rings. The summed E-state index contributed by atoms with van der Waals surface area (Å²) in [5.41, 5.74) is 0.639. The molecule has 1 aromatic rings. The molecule has 3 heteroatoms. The molecule has 0 radical (unpaired) electrons. The zero-order valence-electron chi connectivity index (χ0n) is 7.32. The van der Waals surface area contributed by atoms with Gasteiger partial charge in [0.1, 0.15) is 0 Å². The smallest absolute Gasteiger partial charge is 0.167 e. The molecule has 0 saturated heterocycles. The summed E-state index contributed by atoms with van der Waals surface area (Å²) in [7, 11) is -0.987. The number of fused-ring (bicyclic) bond motifs is 1. The van der Waals surface area contributed by atoms with Crippen LogP contribution in [0.5, 0.6) is 0 Å². The number of carbonyl (C=O) groups excluding carboxylic acids is 1. The van der Waals surface area contributed by atoms with E-state index < -0.39 is 10.8 Å². The molecule has 2 nitrogen and oxygen atoms in total. The molecular weight excluding hydrogens is 184 g/mol. The quantitative estimate of drug-likeness (QED) is 0.629. The molecule has 1 heterocycles. The van der Waals surface area contributed by atoms with Crippen molar-refractivity contribution in [2.24, 2.45) is 5.92 Å². The van der Waals surface area contributed by atoms with Gasteiger partial charge in [-0.1, -0.05) is 25.1 Å². The van der Waals surface area contributed by atoms with Crippen LogP contribution in [0.3, 0.4) is 0 Å². The lowest BCUT2D eigenvalue weighted by Gasteiger charge is -2.18. The SMILES string of the molecule is CC1CS(=O)c2ccccc2C1=O. The Hall–Kier alpha value is -0.960. The molecule has 0 bridgehead atoms. The summed E-state index contributed by atoms with van der Waals surface area (Å²) in [4.78, 5) is 12.3. The van der Waals surface area contributed by atoms with Gasteiger partial charge in [-0.2, -0.15) is 0 Å². The van der Waals surface area contributed by atoms with Gasteiger partial charge < -0.3 is 0 Å². The second kappa shape index (κ2) is 3.07. The molecule has 0 amide bonds. The largest absolute Gasteiger partial charge is 0.294 e. The van der Waals surface area contributed by atoms with Crippen LogP contribution in [-0.4, -0.2) is 15.7 Å². The van der Waals surface area contributed by atoms with Gasteiger partial charge in [-0.05, 0) is 6.07 Å². The minimum Gasteiger partial charge on any atom is -0.294 e. The highest BCUT2D eigenvalue weighted by molar-refractivity contribution is 7.85. The molecule has 1 aliphatic rings. The van der Waals surface area contributed by atoms with Gasteiger partial charge >= 0.3 is 0 Å². The highest BCUT2D eigenvalue weighted by atomic mass is 32.2. The molecule has 0 spiro atoms. The first-order valence-electron chi connectivity index (χ1n) is 4.22. The molecule has 0 aromatic heterocycles. The Kier molecular flexibility index (Phi) is 2.04. The molecule has 0 N–H and O–H groups in total. The van der Waals surface area contributed by atoms with E-state index in [0.29, 0.717) is 16.2 Å². The minimum absolute atomic E-state index is 0.101. The van der Waals surface area contributed by atoms with E-state index in [9.17, 15) is 9.00 Å². The topological polar surface area (TPSA) is 34.1 Å². The first-order valence-corrected chi connectivity index (χ1v) is 5.53. The summed E-state index contributed by atoms with van der Waals surface area (Å²) in [6.45, 7) is 1.83. The van der Waals surface area contributed by atoms with Crippen molar-refractivity contribution in [1.29, 1.82) is 0 Å². The van der Waals surface area contributed by atoms with E-state index in [0.717, 1.165) is 0 Å². The van der Waals surface area contributed by atoms with Crippen LogP contribution < -0.4 is 0 Å². The Morgan fingerprint density at radius 2 is 2.08 bits per heavy atom. The van der Waals surface area contributed by atoms with Crippen LogP contribution in [0.1, 0.15) is 17.3 Å². The molecule has 2 unspecified atom stereocenters. The second-order valence-electron chi connectivity index (χ2n) is 3.27. The van der Waals surface area contributed by atoms with Crippen molar-refractivity contribution in [3.8, 4) is 0 Å². The van der Waals surface area contributed by atoms with Crippen molar-refractivity contribution < 1.29 is 9.00 Å². The fourth-order valence-electron chi connectivity index (χ4n) is 1.53. The Morgan fingerprint density at radius 3 is 2.85 bits per heavy atom. The third-order valence-electron chi connectivity index (χ3n) is 2.25. The Bertz CT molecular complexity index is 384. The first-order chi connectivity index (χ1) is 6.20. The van der Waals surface area contributed by atoms with E-state index in [1.807, 2.05) is 19.1 Å². The van der Waals surface area contributed by atoms with Gasteiger partial charge in [0.05, 0.1) is 10.8 Å². The van der Waals surface area contributed by atoms with Gasteiger partial charge in [0.2, 0.25) is 0 Å². The van der Waals surface area contributed by atoms with Gasteiger partial charge in [0.15, 0.2) is 5.78 Å². The maximum Gasteiger partial charge on any atom is 0.167 e. The summed E-state index contributed by atoms with van der Waals surface area (Å²) in [6.07, 6.45) is 0. The highest BCUT2D eigenvalue weighted by Gasteiger charge is 2.27. The van der Waals surface area contributed by atoms with Crippen molar-refractivity contribution in [3.63, 3.8) is 0 Å². The Balaban J connectivity index is 2.60. The number of Topliss-reactive ketones (excluding diaryl/α,β-unsaturated/α-hetero) is 1. The van der Waals surface area contributed by atoms with Crippen molar-refractivity contribution in [2.45, 2.75) is 11.8 Å². The fourth-order valence-corrected chi connectivity index (χ4v) is 2.96. The van der Waals surface area contributed by atoms with Crippen LogP contribution in [0.4, 0.5) is 0 Å². The van der Waals surface area contributed by atoms with Crippen molar-refractivity contribution >= 4 is 16.6 Å². The number of ketones is 1. The summed E-state index contributed by atoms with van der Waals surface area (Å²) in [5, 5.41) is 0. The van der Waals surface area contributed by atoms with Gasteiger partial charge in [0.25, 0.3) is 0 Å². The predicted octanol–water partition coefficient (Wildman–Crippen LogP) is 1.63. The van der Waals surface area contributed by atoms with Crippen LogP contribution in [0.25, 0.3) is 0 Å². The third kappa shape index (κ3) is 1.33. The standard InChI is InChI=1S/C10H10O2S/c1-7-6-13(12)9-5-3-2-4-8(9)10(7)11/h2-5,7H,6H2,1H3. The molecule has 2 rings (SSSR count). The van der Waals surface area contributed by atoms with E-state index in [1.165, 1.54) is 0 Å². The lowest BCUT2D eigenvalue weighted by molar-refractivity contribution is 0.0935. The number of carbonyl (C=O) groups is 1. The van der Waals surface area contributed by atoms with E-state index in [1.54, 1.807) is 12.1 Å². The molecule has 13 heavy (non-hydrogen) atoms.